The average Bonchev–Trinajstić information content (AvgIpc) is 2.31. The molecule has 0 aliphatic rings. The first-order valence-corrected chi connectivity index (χ1v) is 6.26. The lowest BCUT2D eigenvalue weighted by molar-refractivity contribution is -0.400. The monoisotopic (exact) mass is 333 g/mol. The molecular formula is C11H16F9N. The van der Waals surface area contributed by atoms with Gasteiger partial charge in [-0.05, 0) is 6.42 Å². The summed E-state index contributed by atoms with van der Waals surface area (Å²) in [6.45, 7) is 1.08. The second kappa shape index (κ2) is 7.06. The van der Waals surface area contributed by atoms with Crippen molar-refractivity contribution in [3.8, 4) is 0 Å². The molecule has 10 heteroatoms. The number of hydrogen-bond acceptors (Lipinski definition) is 1. The molecule has 0 bridgehead atoms. The van der Waals surface area contributed by atoms with Crippen LogP contribution in [-0.4, -0.2) is 30.6 Å². The van der Waals surface area contributed by atoms with E-state index >= 15 is 0 Å². The van der Waals surface area contributed by atoms with Gasteiger partial charge in [-0.2, -0.15) is 39.5 Å². The first kappa shape index (κ1) is 20.3. The standard InChI is InChI=1S/C11H16F9N/c1-2-3-4-5-6-7-21-11(19,20)9(14,15)8(12,13)10(16,17)18/h21H,2-7H2,1H3. The van der Waals surface area contributed by atoms with Crippen LogP contribution < -0.4 is 5.32 Å². The van der Waals surface area contributed by atoms with Crippen molar-refractivity contribution in [2.75, 3.05) is 6.54 Å². The van der Waals surface area contributed by atoms with Gasteiger partial charge in [0.05, 0.1) is 0 Å². The lowest BCUT2D eigenvalue weighted by Gasteiger charge is -2.33. The largest absolute Gasteiger partial charge is 0.460 e. The van der Waals surface area contributed by atoms with Crippen molar-refractivity contribution in [1.29, 1.82) is 0 Å². The molecular weight excluding hydrogens is 317 g/mol. The van der Waals surface area contributed by atoms with Crippen LogP contribution in [0, 0.1) is 0 Å². The van der Waals surface area contributed by atoms with E-state index in [1.54, 1.807) is 0 Å². The third-order valence-corrected chi connectivity index (χ3v) is 2.77. The van der Waals surface area contributed by atoms with Gasteiger partial charge >= 0.3 is 24.1 Å². The lowest BCUT2D eigenvalue weighted by Crippen LogP contribution is -2.65. The Hall–Kier alpha value is -0.670. The van der Waals surface area contributed by atoms with E-state index in [4.69, 9.17) is 0 Å². The molecule has 0 atom stereocenters. The quantitative estimate of drug-likeness (QED) is 0.357. The Morgan fingerprint density at radius 1 is 0.667 bits per heavy atom. The van der Waals surface area contributed by atoms with Gasteiger partial charge in [0, 0.05) is 6.54 Å². The molecule has 0 rings (SSSR count). The van der Waals surface area contributed by atoms with Crippen molar-refractivity contribution < 1.29 is 39.5 Å². The summed E-state index contributed by atoms with van der Waals surface area (Å²) in [5.74, 6) is -13.4. The smallest absolute Gasteiger partial charge is 0.253 e. The van der Waals surface area contributed by atoms with Crippen molar-refractivity contribution in [2.24, 2.45) is 0 Å². The molecule has 0 aromatic carbocycles. The van der Waals surface area contributed by atoms with Gasteiger partial charge in [-0.25, -0.2) is 0 Å². The number of unbranched alkanes of at least 4 members (excludes halogenated alkanes) is 4. The molecule has 0 aliphatic carbocycles. The summed E-state index contributed by atoms with van der Waals surface area (Å²) >= 11 is 0. The van der Waals surface area contributed by atoms with Crippen LogP contribution in [0.4, 0.5) is 39.5 Å². The molecule has 1 nitrogen and oxygen atoms in total. The Morgan fingerprint density at radius 2 is 1.14 bits per heavy atom. The van der Waals surface area contributed by atoms with Gasteiger partial charge in [-0.3, -0.25) is 5.32 Å². The SMILES string of the molecule is CCCCCCCNC(F)(F)C(F)(F)C(F)(F)C(F)(F)F. The molecule has 0 fully saturated rings. The second-order valence-electron chi connectivity index (χ2n) is 4.56. The van der Waals surface area contributed by atoms with Gasteiger partial charge in [0.15, 0.2) is 0 Å². The Labute approximate surface area is 115 Å². The van der Waals surface area contributed by atoms with E-state index in [0.717, 1.165) is 18.2 Å². The van der Waals surface area contributed by atoms with E-state index < -0.39 is 30.6 Å². The minimum absolute atomic E-state index is 0.0384. The Bertz CT molecular complexity index is 311. The van der Waals surface area contributed by atoms with E-state index in [2.05, 4.69) is 0 Å². The first-order chi connectivity index (χ1) is 9.31. The highest BCUT2D eigenvalue weighted by Gasteiger charge is 2.81. The van der Waals surface area contributed by atoms with Crippen LogP contribution in [0.15, 0.2) is 0 Å². The van der Waals surface area contributed by atoms with Crippen LogP contribution in [0.5, 0.6) is 0 Å². The third-order valence-electron chi connectivity index (χ3n) is 2.77. The molecule has 0 aromatic heterocycles. The van der Waals surface area contributed by atoms with E-state index in [1.165, 1.54) is 0 Å². The summed E-state index contributed by atoms with van der Waals surface area (Å²) in [5, 5.41) is 0.791. The molecule has 0 radical (unpaired) electrons. The maximum absolute atomic E-state index is 13.0. The molecule has 0 unspecified atom stereocenters. The van der Waals surface area contributed by atoms with E-state index in [0.29, 0.717) is 12.8 Å². The van der Waals surface area contributed by atoms with Crippen molar-refractivity contribution in [1.82, 2.24) is 5.32 Å². The van der Waals surface area contributed by atoms with Crippen LogP contribution in [-0.2, 0) is 0 Å². The van der Waals surface area contributed by atoms with E-state index in [1.807, 2.05) is 6.92 Å². The van der Waals surface area contributed by atoms with Crippen molar-refractivity contribution in [3.63, 3.8) is 0 Å². The minimum Gasteiger partial charge on any atom is -0.253 e. The van der Waals surface area contributed by atoms with Gasteiger partial charge in [0.2, 0.25) is 0 Å². The van der Waals surface area contributed by atoms with Crippen LogP contribution in [0.2, 0.25) is 0 Å². The molecule has 1 N–H and O–H groups in total. The number of rotatable bonds is 9. The molecule has 0 heterocycles. The van der Waals surface area contributed by atoms with Crippen LogP contribution in [0.1, 0.15) is 39.0 Å². The fraction of sp³-hybridized carbons (Fsp3) is 1.00. The maximum atomic E-state index is 13.0. The Morgan fingerprint density at radius 3 is 1.57 bits per heavy atom. The van der Waals surface area contributed by atoms with Crippen molar-refractivity contribution in [2.45, 2.75) is 63.1 Å². The topological polar surface area (TPSA) is 12.0 Å². The number of nitrogens with one attached hydrogen (secondary N) is 1. The molecule has 0 aliphatic heterocycles. The summed E-state index contributed by atoms with van der Waals surface area (Å²) in [5.41, 5.74) is 0. The molecule has 0 saturated carbocycles. The summed E-state index contributed by atoms with van der Waals surface area (Å²) in [6.07, 6.45) is -4.21. The van der Waals surface area contributed by atoms with E-state index in [-0.39, 0.29) is 6.42 Å². The van der Waals surface area contributed by atoms with Gasteiger partial charge in [0.1, 0.15) is 0 Å². The third kappa shape index (κ3) is 4.65. The van der Waals surface area contributed by atoms with Crippen LogP contribution in [0.3, 0.4) is 0 Å². The normalized spacial score (nSPS) is 14.6. The van der Waals surface area contributed by atoms with Gasteiger partial charge < -0.3 is 0 Å². The number of hydrogen-bond donors (Lipinski definition) is 1. The predicted molar refractivity (Wildman–Crippen MR) is 57.7 cm³/mol. The predicted octanol–water partition coefficient (Wildman–Crippen LogP) is 4.97. The van der Waals surface area contributed by atoms with Crippen molar-refractivity contribution in [3.05, 3.63) is 0 Å². The fourth-order valence-corrected chi connectivity index (χ4v) is 1.46. The molecule has 0 saturated heterocycles. The zero-order valence-corrected chi connectivity index (χ0v) is 11.1. The maximum Gasteiger partial charge on any atom is 0.460 e. The van der Waals surface area contributed by atoms with Gasteiger partial charge in [-0.15, -0.1) is 0 Å². The van der Waals surface area contributed by atoms with Crippen molar-refractivity contribution >= 4 is 0 Å². The van der Waals surface area contributed by atoms with Crippen LogP contribution in [0.25, 0.3) is 0 Å². The van der Waals surface area contributed by atoms with Crippen LogP contribution >= 0.6 is 0 Å². The average molecular weight is 333 g/mol. The summed E-state index contributed by atoms with van der Waals surface area (Å²) < 4.78 is 112. The zero-order valence-electron chi connectivity index (χ0n) is 11.1. The lowest BCUT2D eigenvalue weighted by atomic mass is 10.1. The summed E-state index contributed by atoms with van der Waals surface area (Å²) in [6, 6.07) is -5.67. The Kier molecular flexibility index (Phi) is 6.83. The number of alkyl halides is 9. The van der Waals surface area contributed by atoms with Gasteiger partial charge in [-0.1, -0.05) is 32.6 Å². The molecule has 128 valence electrons. The molecule has 0 aromatic rings. The summed E-state index contributed by atoms with van der Waals surface area (Å²) in [7, 11) is 0. The molecule has 21 heavy (non-hydrogen) atoms. The zero-order chi connectivity index (χ0) is 16.9. The second-order valence-corrected chi connectivity index (χ2v) is 4.56. The highest BCUT2D eigenvalue weighted by atomic mass is 19.4. The highest BCUT2D eigenvalue weighted by Crippen LogP contribution is 2.52. The summed E-state index contributed by atoms with van der Waals surface area (Å²) in [4.78, 5) is 0. The Balaban J connectivity index is 4.66. The molecule has 0 amide bonds. The van der Waals surface area contributed by atoms with E-state index in [9.17, 15) is 39.5 Å². The van der Waals surface area contributed by atoms with Gasteiger partial charge in [0.25, 0.3) is 0 Å². The fourth-order valence-electron chi connectivity index (χ4n) is 1.46. The first-order valence-electron chi connectivity index (χ1n) is 6.26. The minimum atomic E-state index is -6.83. The number of halogens is 9. The molecule has 0 spiro atoms. The highest BCUT2D eigenvalue weighted by molar-refractivity contribution is 4.99.